The molecule has 1 fully saturated rings. The average Bonchev–Trinajstić information content (AvgIpc) is 3.15. The van der Waals surface area contributed by atoms with Gasteiger partial charge in [0.15, 0.2) is 0 Å². The molecule has 1 saturated heterocycles. The number of hydrogen-bond acceptors (Lipinski definition) is 4. The second-order valence-electron chi connectivity index (χ2n) is 6.83. The number of aromatic nitrogens is 2. The first-order chi connectivity index (χ1) is 12.9. The normalized spacial score (nSPS) is 19.6. The van der Waals surface area contributed by atoms with Gasteiger partial charge >= 0.3 is 0 Å². The lowest BCUT2D eigenvalue weighted by Crippen LogP contribution is -2.47. The predicted molar refractivity (Wildman–Crippen MR) is 97.7 cm³/mol. The molecule has 0 saturated carbocycles. The molecule has 2 heterocycles. The molecule has 1 amide bonds. The van der Waals surface area contributed by atoms with Crippen molar-refractivity contribution in [2.24, 2.45) is 5.92 Å². The van der Waals surface area contributed by atoms with Gasteiger partial charge in [-0.25, -0.2) is 17.8 Å². The number of imidazole rings is 1. The van der Waals surface area contributed by atoms with Gasteiger partial charge in [0, 0.05) is 38.1 Å². The molecule has 1 aromatic heterocycles. The second kappa shape index (κ2) is 8.18. The summed E-state index contributed by atoms with van der Waals surface area (Å²) in [5.74, 6) is -1.04. The van der Waals surface area contributed by atoms with Crippen LogP contribution in [0.15, 0.2) is 47.9 Å². The van der Waals surface area contributed by atoms with Gasteiger partial charge in [-0.3, -0.25) is 4.79 Å². The van der Waals surface area contributed by atoms with E-state index in [1.54, 1.807) is 12.5 Å². The Morgan fingerprint density at radius 1 is 1.37 bits per heavy atom. The highest BCUT2D eigenvalue weighted by Crippen LogP contribution is 2.24. The van der Waals surface area contributed by atoms with E-state index in [9.17, 15) is 17.6 Å². The van der Waals surface area contributed by atoms with Crippen LogP contribution in [0.1, 0.15) is 19.8 Å². The maximum atomic E-state index is 13.1. The van der Waals surface area contributed by atoms with Crippen LogP contribution in [0.2, 0.25) is 0 Å². The molecule has 1 aromatic carbocycles. The lowest BCUT2D eigenvalue weighted by Gasteiger charge is -2.31. The smallest absolute Gasteiger partial charge is 0.243 e. The number of carbonyl (C=O) groups is 1. The third kappa shape index (κ3) is 4.72. The highest BCUT2D eigenvalue weighted by atomic mass is 32.2. The molecule has 27 heavy (non-hydrogen) atoms. The molecule has 1 aliphatic rings. The minimum Gasteiger partial charge on any atom is -0.352 e. The number of halogens is 1. The number of nitrogens with one attached hydrogen (secondary N) is 1. The third-order valence-electron chi connectivity index (χ3n) is 4.64. The minimum absolute atomic E-state index is 0.0402. The Labute approximate surface area is 158 Å². The van der Waals surface area contributed by atoms with Gasteiger partial charge in [-0.1, -0.05) is 0 Å². The van der Waals surface area contributed by atoms with Crippen LogP contribution in [0.3, 0.4) is 0 Å². The number of sulfonamides is 1. The predicted octanol–water partition coefficient (Wildman–Crippen LogP) is 1.63. The van der Waals surface area contributed by atoms with Crippen LogP contribution in [-0.4, -0.2) is 47.3 Å². The Bertz CT molecular complexity index is 869. The lowest BCUT2D eigenvalue weighted by atomic mass is 9.98. The number of benzene rings is 1. The van der Waals surface area contributed by atoms with E-state index in [2.05, 4.69) is 10.3 Å². The van der Waals surface area contributed by atoms with Gasteiger partial charge in [-0.05, 0) is 44.0 Å². The fourth-order valence-electron chi connectivity index (χ4n) is 3.25. The van der Waals surface area contributed by atoms with Crippen LogP contribution in [0.4, 0.5) is 4.39 Å². The molecule has 9 heteroatoms. The molecule has 1 aliphatic heterocycles. The van der Waals surface area contributed by atoms with Crippen molar-refractivity contribution >= 4 is 15.9 Å². The van der Waals surface area contributed by atoms with Crippen LogP contribution >= 0.6 is 0 Å². The Kier molecular flexibility index (Phi) is 5.91. The van der Waals surface area contributed by atoms with Crippen LogP contribution in [-0.2, 0) is 21.4 Å². The summed E-state index contributed by atoms with van der Waals surface area (Å²) < 4.78 is 41.8. The summed E-state index contributed by atoms with van der Waals surface area (Å²) in [4.78, 5) is 16.6. The van der Waals surface area contributed by atoms with Crippen LogP contribution in [0.5, 0.6) is 0 Å². The zero-order valence-electron chi connectivity index (χ0n) is 15.1. The topological polar surface area (TPSA) is 84.3 Å². The quantitative estimate of drug-likeness (QED) is 0.807. The van der Waals surface area contributed by atoms with Crippen LogP contribution in [0.25, 0.3) is 0 Å². The van der Waals surface area contributed by atoms with Crippen molar-refractivity contribution < 1.29 is 17.6 Å². The van der Waals surface area contributed by atoms with Crippen LogP contribution < -0.4 is 5.32 Å². The molecule has 0 bridgehead atoms. The molecule has 3 rings (SSSR count). The second-order valence-corrected chi connectivity index (χ2v) is 8.76. The molecule has 0 radical (unpaired) electrons. The zero-order valence-corrected chi connectivity index (χ0v) is 15.9. The largest absolute Gasteiger partial charge is 0.352 e. The zero-order chi connectivity index (χ0) is 19.4. The Morgan fingerprint density at radius 3 is 2.78 bits per heavy atom. The Morgan fingerprint density at radius 2 is 2.11 bits per heavy atom. The van der Waals surface area contributed by atoms with E-state index < -0.39 is 21.8 Å². The van der Waals surface area contributed by atoms with Gasteiger partial charge in [-0.2, -0.15) is 4.31 Å². The molecule has 2 atom stereocenters. The Balaban J connectivity index is 1.62. The Hall–Kier alpha value is -2.26. The van der Waals surface area contributed by atoms with Crippen molar-refractivity contribution in [2.45, 2.75) is 37.2 Å². The van der Waals surface area contributed by atoms with E-state index >= 15 is 0 Å². The van der Waals surface area contributed by atoms with Crippen molar-refractivity contribution in [1.82, 2.24) is 19.2 Å². The highest BCUT2D eigenvalue weighted by Gasteiger charge is 2.33. The van der Waals surface area contributed by atoms with E-state index in [0.717, 1.165) is 12.1 Å². The number of piperidine rings is 1. The van der Waals surface area contributed by atoms with Gasteiger partial charge in [0.1, 0.15) is 5.82 Å². The van der Waals surface area contributed by atoms with Crippen molar-refractivity contribution in [3.05, 3.63) is 48.8 Å². The summed E-state index contributed by atoms with van der Waals surface area (Å²) >= 11 is 0. The first-order valence-electron chi connectivity index (χ1n) is 8.88. The maximum absolute atomic E-state index is 13.1. The molecule has 2 aromatic rings. The molecular weight excluding hydrogens is 371 g/mol. The fraction of sp³-hybridized carbons (Fsp3) is 0.444. The van der Waals surface area contributed by atoms with Crippen molar-refractivity contribution in [1.29, 1.82) is 0 Å². The van der Waals surface area contributed by atoms with Gasteiger partial charge in [0.25, 0.3) is 0 Å². The summed E-state index contributed by atoms with van der Waals surface area (Å²) in [7, 11) is -3.74. The highest BCUT2D eigenvalue weighted by molar-refractivity contribution is 7.89. The molecular formula is C18H23FN4O3S. The van der Waals surface area contributed by atoms with Gasteiger partial charge in [0.05, 0.1) is 17.1 Å². The van der Waals surface area contributed by atoms with Gasteiger partial charge in [-0.15, -0.1) is 0 Å². The molecule has 146 valence electrons. The molecule has 7 nitrogen and oxygen atoms in total. The molecule has 0 unspecified atom stereocenters. The fourth-order valence-corrected chi connectivity index (χ4v) is 4.77. The van der Waals surface area contributed by atoms with Crippen molar-refractivity contribution in [2.75, 3.05) is 13.1 Å². The van der Waals surface area contributed by atoms with E-state index in [1.165, 1.54) is 16.4 Å². The number of rotatable bonds is 6. The van der Waals surface area contributed by atoms with Crippen LogP contribution in [0, 0.1) is 11.7 Å². The van der Waals surface area contributed by atoms with Crippen molar-refractivity contribution in [3.63, 3.8) is 0 Å². The number of nitrogens with zero attached hydrogens (tertiary/aromatic N) is 3. The van der Waals surface area contributed by atoms with Crippen molar-refractivity contribution in [3.8, 4) is 0 Å². The maximum Gasteiger partial charge on any atom is 0.243 e. The summed E-state index contributed by atoms with van der Waals surface area (Å²) in [5, 5.41) is 2.95. The first-order valence-corrected chi connectivity index (χ1v) is 10.3. The summed E-state index contributed by atoms with van der Waals surface area (Å²) in [6.45, 7) is 2.97. The lowest BCUT2D eigenvalue weighted by molar-refractivity contribution is -0.126. The van der Waals surface area contributed by atoms with E-state index in [1.807, 2.05) is 17.7 Å². The standard InChI is InChI=1S/C18H23FN4O3S/c1-14(11-22-10-8-20-13-22)21-18(24)15-3-2-9-23(12-15)27(25,26)17-6-4-16(19)5-7-17/h4-8,10,13-15H,2-3,9,11-12H2,1H3,(H,21,24)/t14-,15-/m0/s1. The van der Waals surface area contributed by atoms with E-state index in [-0.39, 0.29) is 23.4 Å². The molecule has 1 N–H and O–H groups in total. The van der Waals surface area contributed by atoms with Gasteiger partial charge in [0.2, 0.25) is 15.9 Å². The minimum atomic E-state index is -3.74. The molecule has 0 spiro atoms. The monoisotopic (exact) mass is 394 g/mol. The summed E-state index contributed by atoms with van der Waals surface area (Å²) in [6, 6.07) is 4.65. The van der Waals surface area contributed by atoms with E-state index in [4.69, 9.17) is 0 Å². The molecule has 0 aliphatic carbocycles. The number of carbonyl (C=O) groups excluding carboxylic acids is 1. The third-order valence-corrected chi connectivity index (χ3v) is 6.52. The van der Waals surface area contributed by atoms with Gasteiger partial charge < -0.3 is 9.88 Å². The number of hydrogen-bond donors (Lipinski definition) is 1. The summed E-state index contributed by atoms with van der Waals surface area (Å²) in [5.41, 5.74) is 0. The first kappa shape index (κ1) is 19.5. The summed E-state index contributed by atoms with van der Waals surface area (Å²) in [6.07, 6.45) is 6.42. The number of amides is 1. The average molecular weight is 394 g/mol. The van der Waals surface area contributed by atoms with E-state index in [0.29, 0.717) is 25.9 Å². The SMILES string of the molecule is C[C@@H](Cn1ccnc1)NC(=O)[C@H]1CCCN(S(=O)(=O)c2ccc(F)cc2)C1.